The highest BCUT2D eigenvalue weighted by Gasteiger charge is 2.43. The summed E-state index contributed by atoms with van der Waals surface area (Å²) in [6, 6.07) is 0. The maximum absolute atomic E-state index is 12.3. The second kappa shape index (κ2) is 5.72. The molecule has 2 aliphatic rings. The number of nitrogens with zero attached hydrogens (tertiary/aromatic N) is 1. The number of likely N-dealkylation sites (tertiary alicyclic amines) is 1. The van der Waals surface area contributed by atoms with E-state index in [1.807, 2.05) is 4.90 Å². The number of carboxylic acid groups (broad SMARTS) is 1. The highest BCUT2D eigenvalue weighted by atomic mass is 16.4. The van der Waals surface area contributed by atoms with Gasteiger partial charge in [-0.15, -0.1) is 0 Å². The monoisotopic (exact) mass is 253 g/mol. The quantitative estimate of drug-likeness (QED) is 0.835. The standard InChI is InChI=1S/C14H23NO3/c1-2-4-10-5-3-8-15(9-10)13(16)11-6-7-12(11)14(17)18/h10-12H,2-9H2,1H3,(H,17,18). The Balaban J connectivity index is 1.90. The number of carbonyl (C=O) groups excluding carboxylic acids is 1. The molecular weight excluding hydrogens is 230 g/mol. The number of hydrogen-bond acceptors (Lipinski definition) is 2. The van der Waals surface area contributed by atoms with Crippen LogP contribution < -0.4 is 0 Å². The lowest BCUT2D eigenvalue weighted by Crippen LogP contribution is -2.49. The lowest BCUT2D eigenvalue weighted by atomic mass is 9.72. The summed E-state index contributed by atoms with van der Waals surface area (Å²) < 4.78 is 0. The van der Waals surface area contributed by atoms with Crippen molar-refractivity contribution in [1.82, 2.24) is 4.90 Å². The first-order chi connectivity index (χ1) is 8.63. The minimum atomic E-state index is -0.804. The van der Waals surface area contributed by atoms with Gasteiger partial charge in [0.25, 0.3) is 0 Å². The molecule has 1 saturated carbocycles. The molecular formula is C14H23NO3. The van der Waals surface area contributed by atoms with Gasteiger partial charge in [0, 0.05) is 13.1 Å². The van der Waals surface area contributed by atoms with Gasteiger partial charge in [-0.25, -0.2) is 0 Å². The molecule has 0 aromatic carbocycles. The van der Waals surface area contributed by atoms with Crippen molar-refractivity contribution in [3.05, 3.63) is 0 Å². The minimum absolute atomic E-state index is 0.0921. The Kier molecular flexibility index (Phi) is 4.25. The van der Waals surface area contributed by atoms with Crippen LogP contribution in [0.15, 0.2) is 0 Å². The zero-order valence-corrected chi connectivity index (χ0v) is 11.1. The van der Waals surface area contributed by atoms with Gasteiger partial charge in [-0.2, -0.15) is 0 Å². The molecule has 102 valence electrons. The molecule has 1 N–H and O–H groups in total. The molecule has 3 atom stereocenters. The lowest BCUT2D eigenvalue weighted by Gasteiger charge is -2.39. The van der Waals surface area contributed by atoms with Crippen molar-refractivity contribution in [2.24, 2.45) is 17.8 Å². The van der Waals surface area contributed by atoms with Crippen LogP contribution in [0.3, 0.4) is 0 Å². The molecule has 0 radical (unpaired) electrons. The third-order valence-electron chi connectivity index (χ3n) is 4.44. The molecule has 0 bridgehead atoms. The first kappa shape index (κ1) is 13.4. The fraction of sp³-hybridized carbons (Fsp3) is 0.857. The number of hydrogen-bond donors (Lipinski definition) is 1. The van der Waals surface area contributed by atoms with Gasteiger partial charge in [0.1, 0.15) is 0 Å². The van der Waals surface area contributed by atoms with Gasteiger partial charge in [-0.1, -0.05) is 13.3 Å². The van der Waals surface area contributed by atoms with Crippen molar-refractivity contribution in [2.45, 2.75) is 45.4 Å². The zero-order valence-electron chi connectivity index (χ0n) is 11.1. The van der Waals surface area contributed by atoms with Gasteiger partial charge in [-0.3, -0.25) is 9.59 Å². The summed E-state index contributed by atoms with van der Waals surface area (Å²) in [7, 11) is 0. The SMILES string of the molecule is CCCC1CCCN(C(=O)C2CCC2C(=O)O)C1. The first-order valence-corrected chi connectivity index (χ1v) is 7.15. The van der Waals surface area contributed by atoms with Gasteiger partial charge in [0.2, 0.25) is 5.91 Å². The summed E-state index contributed by atoms with van der Waals surface area (Å²) in [6.07, 6.45) is 6.04. The van der Waals surface area contributed by atoms with Crippen LogP contribution in [0.25, 0.3) is 0 Å². The molecule has 0 aromatic heterocycles. The van der Waals surface area contributed by atoms with Crippen molar-refractivity contribution in [2.75, 3.05) is 13.1 Å². The average molecular weight is 253 g/mol. The highest BCUT2D eigenvalue weighted by molar-refractivity contribution is 5.86. The Bertz CT molecular complexity index is 327. The van der Waals surface area contributed by atoms with Crippen molar-refractivity contribution in [3.63, 3.8) is 0 Å². The topological polar surface area (TPSA) is 57.6 Å². The van der Waals surface area contributed by atoms with Gasteiger partial charge in [-0.05, 0) is 38.0 Å². The van der Waals surface area contributed by atoms with Crippen molar-refractivity contribution in [1.29, 1.82) is 0 Å². The van der Waals surface area contributed by atoms with E-state index in [1.165, 1.54) is 12.8 Å². The third kappa shape index (κ3) is 2.68. The predicted octanol–water partition coefficient (Wildman–Crippen LogP) is 2.14. The summed E-state index contributed by atoms with van der Waals surface area (Å²) in [4.78, 5) is 25.2. The smallest absolute Gasteiger partial charge is 0.307 e. The second-order valence-electron chi connectivity index (χ2n) is 5.71. The third-order valence-corrected chi connectivity index (χ3v) is 4.44. The van der Waals surface area contributed by atoms with Crippen molar-refractivity contribution < 1.29 is 14.7 Å². The van der Waals surface area contributed by atoms with Gasteiger partial charge < -0.3 is 10.0 Å². The molecule has 4 heteroatoms. The van der Waals surface area contributed by atoms with Crippen LogP contribution in [0.4, 0.5) is 0 Å². The second-order valence-corrected chi connectivity index (χ2v) is 5.71. The molecule has 2 rings (SSSR count). The maximum atomic E-state index is 12.3. The van der Waals surface area contributed by atoms with Crippen LogP contribution in [0.5, 0.6) is 0 Å². The molecule has 4 nitrogen and oxygen atoms in total. The Morgan fingerprint density at radius 2 is 1.94 bits per heavy atom. The largest absolute Gasteiger partial charge is 0.481 e. The molecule has 18 heavy (non-hydrogen) atoms. The van der Waals surface area contributed by atoms with E-state index in [1.54, 1.807) is 0 Å². The number of aliphatic carboxylic acids is 1. The van der Waals surface area contributed by atoms with Crippen LogP contribution in [-0.2, 0) is 9.59 Å². The lowest BCUT2D eigenvalue weighted by molar-refractivity contribution is -0.157. The maximum Gasteiger partial charge on any atom is 0.307 e. The van der Waals surface area contributed by atoms with E-state index in [-0.39, 0.29) is 11.8 Å². The minimum Gasteiger partial charge on any atom is -0.481 e. The van der Waals surface area contributed by atoms with E-state index in [9.17, 15) is 9.59 Å². The number of piperidine rings is 1. The summed E-state index contributed by atoms with van der Waals surface area (Å²) in [5, 5.41) is 9.02. The van der Waals surface area contributed by atoms with Crippen LogP contribution >= 0.6 is 0 Å². The molecule has 1 saturated heterocycles. The van der Waals surface area contributed by atoms with E-state index in [0.29, 0.717) is 12.3 Å². The normalized spacial score (nSPS) is 31.8. The van der Waals surface area contributed by atoms with Crippen LogP contribution in [-0.4, -0.2) is 35.0 Å². The number of carboxylic acids is 1. The molecule has 3 unspecified atom stereocenters. The fourth-order valence-corrected chi connectivity index (χ4v) is 3.23. The first-order valence-electron chi connectivity index (χ1n) is 7.15. The Morgan fingerprint density at radius 1 is 1.22 bits per heavy atom. The Labute approximate surface area is 108 Å². The van der Waals surface area contributed by atoms with E-state index < -0.39 is 11.9 Å². The molecule has 1 amide bonds. The van der Waals surface area contributed by atoms with Gasteiger partial charge in [0.05, 0.1) is 11.8 Å². The molecule has 1 aliphatic carbocycles. The zero-order chi connectivity index (χ0) is 13.1. The predicted molar refractivity (Wildman–Crippen MR) is 68.1 cm³/mol. The molecule has 1 aliphatic heterocycles. The molecule has 0 spiro atoms. The summed E-state index contributed by atoms with van der Waals surface area (Å²) in [6.45, 7) is 3.84. The number of carbonyl (C=O) groups is 2. The number of rotatable bonds is 4. The molecule has 2 fully saturated rings. The summed E-state index contributed by atoms with van der Waals surface area (Å²) >= 11 is 0. The average Bonchev–Trinajstić information content (AvgIpc) is 2.27. The van der Waals surface area contributed by atoms with E-state index >= 15 is 0 Å². The van der Waals surface area contributed by atoms with Crippen molar-refractivity contribution >= 4 is 11.9 Å². The summed E-state index contributed by atoms with van der Waals surface area (Å²) in [5.41, 5.74) is 0. The van der Waals surface area contributed by atoms with E-state index in [2.05, 4.69) is 6.92 Å². The molecule has 1 heterocycles. The van der Waals surface area contributed by atoms with Crippen LogP contribution in [0.2, 0.25) is 0 Å². The van der Waals surface area contributed by atoms with Gasteiger partial charge in [0.15, 0.2) is 0 Å². The Morgan fingerprint density at radius 3 is 2.50 bits per heavy atom. The highest BCUT2D eigenvalue weighted by Crippen LogP contribution is 2.36. The number of amides is 1. The van der Waals surface area contributed by atoms with E-state index in [0.717, 1.165) is 32.4 Å². The molecule has 0 aromatic rings. The van der Waals surface area contributed by atoms with E-state index in [4.69, 9.17) is 5.11 Å². The fourth-order valence-electron chi connectivity index (χ4n) is 3.23. The van der Waals surface area contributed by atoms with Crippen LogP contribution in [0.1, 0.15) is 45.4 Å². The van der Waals surface area contributed by atoms with Gasteiger partial charge >= 0.3 is 5.97 Å². The summed E-state index contributed by atoms with van der Waals surface area (Å²) in [5.74, 6) is -0.765. The Hall–Kier alpha value is -1.06. The van der Waals surface area contributed by atoms with Crippen molar-refractivity contribution in [3.8, 4) is 0 Å². The van der Waals surface area contributed by atoms with Crippen LogP contribution in [0, 0.1) is 17.8 Å².